The zero-order valence-corrected chi connectivity index (χ0v) is 16.9. The summed E-state index contributed by atoms with van der Waals surface area (Å²) in [4.78, 5) is 15.4. The number of nitrogens with zero attached hydrogens (tertiary/aromatic N) is 1. The molecule has 3 aromatic rings. The van der Waals surface area contributed by atoms with E-state index in [2.05, 4.69) is 4.98 Å². The minimum Gasteiger partial charge on any atom is -0.503 e. The molecule has 0 unspecified atom stereocenters. The molecule has 2 N–H and O–H groups in total. The normalized spacial score (nSPS) is 20.6. The lowest BCUT2D eigenvalue weighted by atomic mass is 9.97. The van der Waals surface area contributed by atoms with E-state index in [1.807, 2.05) is 0 Å². The summed E-state index contributed by atoms with van der Waals surface area (Å²) in [5.41, 5.74) is 3.13. The van der Waals surface area contributed by atoms with Crippen LogP contribution < -0.4 is 4.74 Å². The summed E-state index contributed by atoms with van der Waals surface area (Å²) in [6.45, 7) is 1.46. The Hall–Kier alpha value is -3.55. The number of aryl methyl sites for hydroxylation is 1. The molecule has 1 heterocycles. The molecule has 2 aromatic carbocycles. The summed E-state index contributed by atoms with van der Waals surface area (Å²) in [5, 5.41) is 18.5. The molecule has 32 heavy (non-hydrogen) atoms. The molecule has 0 saturated heterocycles. The van der Waals surface area contributed by atoms with Gasteiger partial charge in [0, 0.05) is 23.7 Å². The molecule has 2 aliphatic rings. The van der Waals surface area contributed by atoms with Gasteiger partial charge in [-0.3, -0.25) is 4.79 Å². The van der Waals surface area contributed by atoms with Crippen LogP contribution in [0.2, 0.25) is 0 Å². The van der Waals surface area contributed by atoms with Crippen molar-refractivity contribution in [3.8, 4) is 22.8 Å². The van der Waals surface area contributed by atoms with Gasteiger partial charge >= 0.3 is 5.97 Å². The van der Waals surface area contributed by atoms with E-state index < -0.39 is 29.2 Å². The Bertz CT molecular complexity index is 1250. The van der Waals surface area contributed by atoms with Crippen LogP contribution in [0.4, 0.5) is 13.2 Å². The SMILES string of the molecule is Cc1cc(F)c(COc2cc3c(cn2)[C@H]2[C@@H](C3)[C@@H]2C(=O)O)cc1-c1cc(F)c(O)c(F)c1. The monoisotopic (exact) mass is 441 g/mol. The van der Waals surface area contributed by atoms with E-state index in [0.717, 1.165) is 23.3 Å². The first-order valence-corrected chi connectivity index (χ1v) is 10.1. The van der Waals surface area contributed by atoms with Crippen molar-refractivity contribution in [1.82, 2.24) is 4.98 Å². The van der Waals surface area contributed by atoms with Crippen LogP contribution in [-0.2, 0) is 17.8 Å². The average Bonchev–Trinajstić information content (AvgIpc) is 3.33. The molecule has 5 nitrogen and oxygen atoms in total. The highest BCUT2D eigenvalue weighted by Crippen LogP contribution is 2.61. The Morgan fingerprint density at radius 2 is 1.84 bits per heavy atom. The highest BCUT2D eigenvalue weighted by atomic mass is 19.1. The number of pyridine rings is 1. The number of ether oxygens (including phenoxy) is 1. The number of phenols is 1. The van der Waals surface area contributed by atoms with Gasteiger partial charge in [-0.15, -0.1) is 0 Å². The highest BCUT2D eigenvalue weighted by Gasteiger charge is 2.59. The molecule has 1 fully saturated rings. The third kappa shape index (κ3) is 3.26. The van der Waals surface area contributed by atoms with Crippen molar-refractivity contribution in [3.05, 3.63) is 76.2 Å². The number of aromatic hydroxyl groups is 1. The van der Waals surface area contributed by atoms with Crippen molar-refractivity contribution in [3.63, 3.8) is 0 Å². The second-order valence-electron chi connectivity index (χ2n) is 8.31. The van der Waals surface area contributed by atoms with Gasteiger partial charge in [-0.1, -0.05) is 0 Å². The van der Waals surface area contributed by atoms with E-state index in [-0.39, 0.29) is 35.5 Å². The second kappa shape index (κ2) is 7.25. The number of carboxylic acids is 1. The Kier molecular flexibility index (Phi) is 4.62. The quantitative estimate of drug-likeness (QED) is 0.599. The molecule has 0 bridgehead atoms. The van der Waals surface area contributed by atoms with Crippen molar-refractivity contribution in [2.75, 3.05) is 0 Å². The van der Waals surface area contributed by atoms with Crippen LogP contribution in [-0.4, -0.2) is 21.2 Å². The minimum absolute atomic E-state index is 0.00671. The maximum atomic E-state index is 14.5. The zero-order chi connectivity index (χ0) is 22.7. The van der Waals surface area contributed by atoms with Gasteiger partial charge < -0.3 is 14.9 Å². The van der Waals surface area contributed by atoms with Crippen LogP contribution >= 0.6 is 0 Å². The Morgan fingerprint density at radius 1 is 1.12 bits per heavy atom. The molecule has 1 saturated carbocycles. The van der Waals surface area contributed by atoms with E-state index in [1.54, 1.807) is 19.2 Å². The van der Waals surface area contributed by atoms with Crippen molar-refractivity contribution >= 4 is 5.97 Å². The third-order valence-corrected chi connectivity index (χ3v) is 6.36. The molecule has 1 aromatic heterocycles. The number of phenolic OH excluding ortho intramolecular Hbond substituents is 1. The lowest BCUT2D eigenvalue weighted by Gasteiger charge is -2.13. The number of hydrogen-bond donors (Lipinski definition) is 2. The van der Waals surface area contributed by atoms with Crippen molar-refractivity contribution in [2.24, 2.45) is 11.8 Å². The fourth-order valence-corrected chi connectivity index (χ4v) is 4.70. The van der Waals surface area contributed by atoms with Crippen molar-refractivity contribution in [1.29, 1.82) is 0 Å². The molecular weight excluding hydrogens is 423 g/mol. The number of benzene rings is 2. The largest absolute Gasteiger partial charge is 0.503 e. The van der Waals surface area contributed by atoms with Gasteiger partial charge in [0.2, 0.25) is 5.88 Å². The summed E-state index contributed by atoms with van der Waals surface area (Å²) in [6, 6.07) is 6.43. The molecule has 0 aliphatic heterocycles. The molecule has 0 radical (unpaired) electrons. The predicted octanol–water partition coefficient (Wildman–Crippen LogP) is 4.73. The van der Waals surface area contributed by atoms with Crippen LogP contribution in [0.1, 0.15) is 28.2 Å². The summed E-state index contributed by atoms with van der Waals surface area (Å²) >= 11 is 0. The van der Waals surface area contributed by atoms with E-state index in [4.69, 9.17) is 4.74 Å². The summed E-state index contributed by atoms with van der Waals surface area (Å²) in [6.07, 6.45) is 2.27. The second-order valence-corrected chi connectivity index (χ2v) is 8.31. The smallest absolute Gasteiger partial charge is 0.307 e. The molecule has 0 spiro atoms. The molecule has 8 heteroatoms. The minimum atomic E-state index is -1.10. The van der Waals surface area contributed by atoms with Gasteiger partial charge in [0.05, 0.1) is 5.92 Å². The molecule has 2 aliphatic carbocycles. The summed E-state index contributed by atoms with van der Waals surface area (Å²) in [7, 11) is 0. The van der Waals surface area contributed by atoms with Gasteiger partial charge in [-0.05, 0) is 71.3 Å². The lowest BCUT2D eigenvalue weighted by molar-refractivity contribution is -0.139. The van der Waals surface area contributed by atoms with E-state index >= 15 is 0 Å². The number of rotatable bonds is 5. The van der Waals surface area contributed by atoms with Gasteiger partial charge in [-0.2, -0.15) is 0 Å². The fourth-order valence-electron chi connectivity index (χ4n) is 4.70. The molecule has 0 amide bonds. The molecule has 3 atom stereocenters. The van der Waals surface area contributed by atoms with Crippen LogP contribution in [0.15, 0.2) is 36.5 Å². The average molecular weight is 441 g/mol. The third-order valence-electron chi connectivity index (χ3n) is 6.36. The maximum Gasteiger partial charge on any atom is 0.307 e. The van der Waals surface area contributed by atoms with Crippen LogP contribution in [0, 0.1) is 36.2 Å². The number of hydrogen-bond acceptors (Lipinski definition) is 4. The van der Waals surface area contributed by atoms with E-state index in [1.165, 1.54) is 12.1 Å². The number of aliphatic carboxylic acids is 1. The number of carboxylic acid groups (broad SMARTS) is 1. The van der Waals surface area contributed by atoms with Crippen LogP contribution in [0.3, 0.4) is 0 Å². The van der Waals surface area contributed by atoms with E-state index in [0.29, 0.717) is 23.4 Å². The Labute approximate surface area is 181 Å². The number of aromatic nitrogens is 1. The fraction of sp³-hybridized carbons (Fsp3) is 0.250. The molecule has 5 rings (SSSR count). The van der Waals surface area contributed by atoms with Gasteiger partial charge in [-0.25, -0.2) is 18.2 Å². The summed E-state index contributed by atoms with van der Waals surface area (Å²) < 4.78 is 47.8. The maximum absolute atomic E-state index is 14.5. The molecular formula is C24H18F3NO4. The molecule has 164 valence electrons. The zero-order valence-electron chi connectivity index (χ0n) is 16.9. The topological polar surface area (TPSA) is 79.7 Å². The Balaban J connectivity index is 1.37. The van der Waals surface area contributed by atoms with Gasteiger partial charge in [0.15, 0.2) is 17.4 Å². The van der Waals surface area contributed by atoms with Crippen molar-refractivity contribution < 1.29 is 32.9 Å². The first-order chi connectivity index (χ1) is 15.2. The first-order valence-electron chi connectivity index (χ1n) is 10.1. The summed E-state index contributed by atoms with van der Waals surface area (Å²) in [5.74, 6) is -4.53. The van der Waals surface area contributed by atoms with Crippen molar-refractivity contribution in [2.45, 2.75) is 25.9 Å². The number of carbonyl (C=O) groups is 1. The Morgan fingerprint density at radius 3 is 2.53 bits per heavy atom. The first kappa shape index (κ1) is 20.4. The van der Waals surface area contributed by atoms with Gasteiger partial charge in [0.25, 0.3) is 0 Å². The van der Waals surface area contributed by atoms with Crippen LogP contribution in [0.5, 0.6) is 11.6 Å². The predicted molar refractivity (Wildman–Crippen MR) is 108 cm³/mol. The standard InChI is InChI=1S/C24H18F3NO4/c1-10-2-17(25)13(4-14(10)12-5-18(26)23(29)19(27)6-12)9-32-20-7-11-3-15-21(16(11)8-28-20)22(15)24(30)31/h2,4-8,15,21-22,29H,3,9H2,1H3,(H,30,31)/t15-,21-,22+/m1/s1. The number of fused-ring (bicyclic) bond motifs is 3. The van der Waals surface area contributed by atoms with Gasteiger partial charge in [0.1, 0.15) is 12.4 Å². The number of halogens is 3. The highest BCUT2D eigenvalue weighted by molar-refractivity contribution is 5.77. The van der Waals surface area contributed by atoms with E-state index in [9.17, 15) is 28.2 Å². The lowest BCUT2D eigenvalue weighted by Crippen LogP contribution is -2.06. The van der Waals surface area contributed by atoms with Crippen LogP contribution in [0.25, 0.3) is 11.1 Å².